The summed E-state index contributed by atoms with van der Waals surface area (Å²) in [6.07, 6.45) is 8.74. The number of nitrogens with zero attached hydrogens (tertiary/aromatic N) is 4. The molecule has 10 heteroatoms. The Morgan fingerprint density at radius 3 is 2.54 bits per heavy atom. The summed E-state index contributed by atoms with van der Waals surface area (Å²) in [6, 6.07) is 14.0. The van der Waals surface area contributed by atoms with Crippen molar-refractivity contribution < 1.29 is 9.53 Å². The number of ether oxygens (including phenoxy) is 1. The first-order valence-corrected chi connectivity index (χ1v) is 13.7. The average molecular weight is 548 g/mol. The maximum absolute atomic E-state index is 12.1. The highest BCUT2D eigenvalue weighted by Crippen LogP contribution is 2.27. The normalized spacial score (nSPS) is 17.5. The minimum atomic E-state index is -0.499. The van der Waals surface area contributed by atoms with Crippen molar-refractivity contribution in [2.24, 2.45) is 0 Å². The molecule has 3 heterocycles. The molecule has 4 aromatic rings. The van der Waals surface area contributed by atoms with Crippen molar-refractivity contribution in [2.75, 3.05) is 10.6 Å². The van der Waals surface area contributed by atoms with Gasteiger partial charge in [0, 0.05) is 36.0 Å². The van der Waals surface area contributed by atoms with Gasteiger partial charge in [-0.25, -0.2) is 19.7 Å². The third kappa shape index (κ3) is 6.97. The van der Waals surface area contributed by atoms with E-state index in [-0.39, 0.29) is 18.2 Å². The Morgan fingerprint density at radius 2 is 1.79 bits per heavy atom. The molecule has 0 aliphatic heterocycles. The Hall–Kier alpha value is -3.85. The molecule has 0 atom stereocenters. The summed E-state index contributed by atoms with van der Waals surface area (Å²) in [6.45, 7) is 6.26. The molecule has 0 radical (unpaired) electrons. The van der Waals surface area contributed by atoms with Gasteiger partial charge in [-0.15, -0.1) is 0 Å². The van der Waals surface area contributed by atoms with Crippen LogP contribution in [-0.4, -0.2) is 43.1 Å². The number of rotatable bonds is 7. The van der Waals surface area contributed by atoms with E-state index in [4.69, 9.17) is 21.3 Å². The van der Waals surface area contributed by atoms with E-state index in [2.05, 4.69) is 25.9 Å². The molecular weight excluding hydrogens is 514 g/mol. The quantitative estimate of drug-likeness (QED) is 0.249. The number of benzene rings is 1. The molecule has 1 saturated carbocycles. The molecule has 1 amide bonds. The number of fused-ring (bicyclic) bond motifs is 1. The number of imidazole rings is 1. The molecule has 39 heavy (non-hydrogen) atoms. The molecule has 1 fully saturated rings. The lowest BCUT2D eigenvalue weighted by molar-refractivity contribution is 0.0492. The number of amides is 1. The number of hydrogen-bond acceptors (Lipinski definition) is 7. The van der Waals surface area contributed by atoms with Gasteiger partial charge in [-0.2, -0.15) is 0 Å². The average Bonchev–Trinajstić information content (AvgIpc) is 3.34. The van der Waals surface area contributed by atoms with E-state index in [9.17, 15) is 4.79 Å². The topological polar surface area (TPSA) is 105 Å². The number of hydrogen-bond donors (Lipinski definition) is 3. The number of aromatic nitrogens is 4. The van der Waals surface area contributed by atoms with Gasteiger partial charge in [-0.05, 0) is 76.3 Å². The smallest absolute Gasteiger partial charge is 0.407 e. The van der Waals surface area contributed by atoms with Crippen molar-refractivity contribution in [3.8, 4) is 11.4 Å². The Labute approximate surface area is 233 Å². The summed E-state index contributed by atoms with van der Waals surface area (Å²) >= 11 is 5.99. The van der Waals surface area contributed by atoms with Crippen LogP contribution in [0.5, 0.6) is 0 Å². The van der Waals surface area contributed by atoms with Crippen LogP contribution in [0.1, 0.15) is 52.0 Å². The van der Waals surface area contributed by atoms with E-state index < -0.39 is 5.60 Å². The molecule has 0 spiro atoms. The summed E-state index contributed by atoms with van der Waals surface area (Å²) in [5.41, 5.74) is 3.08. The highest BCUT2D eigenvalue weighted by atomic mass is 35.5. The third-order valence-electron chi connectivity index (χ3n) is 6.62. The van der Waals surface area contributed by atoms with E-state index in [1.54, 1.807) is 6.20 Å². The van der Waals surface area contributed by atoms with Crippen LogP contribution in [0.2, 0.25) is 5.02 Å². The Morgan fingerprint density at radius 1 is 1.05 bits per heavy atom. The number of anilines is 2. The van der Waals surface area contributed by atoms with E-state index in [0.29, 0.717) is 6.54 Å². The second kappa shape index (κ2) is 11.5. The summed E-state index contributed by atoms with van der Waals surface area (Å²) in [7, 11) is 0. The lowest BCUT2D eigenvalue weighted by Gasteiger charge is -2.30. The van der Waals surface area contributed by atoms with Crippen molar-refractivity contribution in [1.82, 2.24) is 24.7 Å². The SMILES string of the molecule is CC(C)(C)OC(=O)NC1CCC(Nc2nccn3c(-c4cccc(NCc5ccc(Cl)cc5)n4)cnc23)CC1. The Kier molecular flexibility index (Phi) is 7.88. The van der Waals surface area contributed by atoms with Gasteiger partial charge in [0.25, 0.3) is 0 Å². The minimum Gasteiger partial charge on any atom is -0.444 e. The van der Waals surface area contributed by atoms with E-state index in [0.717, 1.165) is 64.9 Å². The van der Waals surface area contributed by atoms with Crippen molar-refractivity contribution in [1.29, 1.82) is 0 Å². The predicted molar refractivity (Wildman–Crippen MR) is 154 cm³/mol. The van der Waals surface area contributed by atoms with E-state index >= 15 is 0 Å². The lowest BCUT2D eigenvalue weighted by Crippen LogP contribution is -2.42. The molecule has 1 aliphatic carbocycles. The van der Waals surface area contributed by atoms with Crippen LogP contribution < -0.4 is 16.0 Å². The lowest BCUT2D eigenvalue weighted by atomic mass is 9.91. The highest BCUT2D eigenvalue weighted by Gasteiger charge is 2.25. The summed E-state index contributed by atoms with van der Waals surface area (Å²) in [5.74, 6) is 1.52. The molecule has 204 valence electrons. The van der Waals surface area contributed by atoms with Gasteiger partial charge in [0.15, 0.2) is 11.5 Å². The van der Waals surface area contributed by atoms with Gasteiger partial charge in [0.1, 0.15) is 11.4 Å². The Balaban J connectivity index is 1.23. The number of pyridine rings is 1. The predicted octanol–water partition coefficient (Wildman–Crippen LogP) is 6.30. The number of carbonyl (C=O) groups excluding carboxylic acids is 1. The zero-order valence-corrected chi connectivity index (χ0v) is 23.2. The van der Waals surface area contributed by atoms with Crippen molar-refractivity contribution in [3.63, 3.8) is 0 Å². The van der Waals surface area contributed by atoms with Crippen LogP contribution in [0.15, 0.2) is 61.1 Å². The zero-order valence-electron chi connectivity index (χ0n) is 22.4. The standard InChI is InChI=1S/C29H34ClN7O2/c1-29(2,3)39-28(38)35-22-13-11-21(12-14-22)34-26-27-33-18-24(37(27)16-15-31-26)23-5-4-6-25(36-23)32-17-19-7-9-20(30)10-8-19/h4-10,15-16,18,21-22H,11-14,17H2,1-3H3,(H,31,34)(H,32,36)(H,35,38). The van der Waals surface area contributed by atoms with Crippen LogP contribution in [0.3, 0.4) is 0 Å². The van der Waals surface area contributed by atoms with Crippen LogP contribution in [0, 0.1) is 0 Å². The van der Waals surface area contributed by atoms with Crippen LogP contribution >= 0.6 is 11.6 Å². The molecule has 1 aromatic carbocycles. The van der Waals surface area contributed by atoms with Crippen molar-refractivity contribution >= 4 is 35.0 Å². The fourth-order valence-electron chi connectivity index (χ4n) is 4.73. The monoisotopic (exact) mass is 547 g/mol. The van der Waals surface area contributed by atoms with Gasteiger partial charge in [0.05, 0.1) is 17.6 Å². The van der Waals surface area contributed by atoms with Crippen LogP contribution in [0.25, 0.3) is 17.0 Å². The van der Waals surface area contributed by atoms with Crippen molar-refractivity contribution in [3.05, 3.63) is 71.6 Å². The number of alkyl carbamates (subject to hydrolysis) is 1. The maximum Gasteiger partial charge on any atom is 0.407 e. The first-order valence-electron chi connectivity index (χ1n) is 13.3. The molecule has 0 saturated heterocycles. The first-order chi connectivity index (χ1) is 18.7. The van der Waals surface area contributed by atoms with E-state index in [1.807, 2.05) is 80.0 Å². The molecule has 9 nitrogen and oxygen atoms in total. The fourth-order valence-corrected chi connectivity index (χ4v) is 4.86. The van der Waals surface area contributed by atoms with E-state index in [1.165, 1.54) is 0 Å². The molecule has 3 N–H and O–H groups in total. The molecule has 0 unspecified atom stereocenters. The second-order valence-electron chi connectivity index (χ2n) is 10.8. The number of halogens is 1. The number of nitrogens with one attached hydrogen (secondary N) is 3. The number of carbonyl (C=O) groups is 1. The molecule has 5 rings (SSSR count). The molecule has 0 bridgehead atoms. The van der Waals surface area contributed by atoms with Gasteiger partial charge < -0.3 is 20.7 Å². The second-order valence-corrected chi connectivity index (χ2v) is 11.3. The minimum absolute atomic E-state index is 0.117. The van der Waals surface area contributed by atoms with Crippen molar-refractivity contribution in [2.45, 2.75) is 70.7 Å². The molecule has 3 aromatic heterocycles. The van der Waals surface area contributed by atoms with Gasteiger partial charge in [-0.1, -0.05) is 29.8 Å². The van der Waals surface area contributed by atoms with Crippen LogP contribution in [-0.2, 0) is 11.3 Å². The van der Waals surface area contributed by atoms with Gasteiger partial charge in [-0.3, -0.25) is 4.40 Å². The molecular formula is C29H34ClN7O2. The summed E-state index contributed by atoms with van der Waals surface area (Å²) < 4.78 is 7.41. The molecule has 1 aliphatic rings. The maximum atomic E-state index is 12.1. The Bertz CT molecular complexity index is 1420. The zero-order chi connectivity index (χ0) is 27.4. The first kappa shape index (κ1) is 26.7. The third-order valence-corrected chi connectivity index (χ3v) is 6.87. The fraction of sp³-hybridized carbons (Fsp3) is 0.379. The van der Waals surface area contributed by atoms with Crippen LogP contribution in [0.4, 0.5) is 16.4 Å². The largest absolute Gasteiger partial charge is 0.444 e. The van der Waals surface area contributed by atoms with Gasteiger partial charge in [0.2, 0.25) is 0 Å². The summed E-state index contributed by atoms with van der Waals surface area (Å²) in [4.78, 5) is 26.2. The summed E-state index contributed by atoms with van der Waals surface area (Å²) in [5, 5.41) is 10.7. The highest BCUT2D eigenvalue weighted by molar-refractivity contribution is 6.30. The van der Waals surface area contributed by atoms with Gasteiger partial charge >= 0.3 is 6.09 Å².